The number of hydrogen-bond donors (Lipinski definition) is 0. The molecule has 1 aromatic carbocycles. The first-order valence-electron chi connectivity index (χ1n) is 9.73. The Balaban J connectivity index is 1.39. The van der Waals surface area contributed by atoms with Gasteiger partial charge in [-0.1, -0.05) is 11.6 Å². The van der Waals surface area contributed by atoms with Gasteiger partial charge in [0.2, 0.25) is 11.8 Å². The zero-order chi connectivity index (χ0) is 21.3. The van der Waals surface area contributed by atoms with Gasteiger partial charge in [-0.25, -0.2) is 0 Å². The summed E-state index contributed by atoms with van der Waals surface area (Å²) in [7, 11) is 1.53. The Morgan fingerprint density at radius 1 is 1.13 bits per heavy atom. The van der Waals surface area contributed by atoms with Gasteiger partial charge in [-0.15, -0.1) is 0 Å². The lowest BCUT2D eigenvalue weighted by Crippen LogP contribution is -2.52. The van der Waals surface area contributed by atoms with E-state index in [0.717, 1.165) is 0 Å². The van der Waals surface area contributed by atoms with Crippen LogP contribution in [0.3, 0.4) is 0 Å². The number of halogens is 1. The summed E-state index contributed by atoms with van der Waals surface area (Å²) in [5, 5.41) is 0.491. The van der Waals surface area contributed by atoms with Crippen molar-refractivity contribution in [2.75, 3.05) is 44.7 Å². The smallest absolute Gasteiger partial charge is 0.289 e. The van der Waals surface area contributed by atoms with Crippen LogP contribution in [0.5, 0.6) is 5.75 Å². The standard InChI is InChI=1S/C21H22ClN3O5/c1-29-17-5-4-15(22)12-16(17)25-13-14(11-19(25)26)20(27)23-6-8-24(9-7-23)21(28)18-3-2-10-30-18/h2-5,10,12,14H,6-9,11,13H2,1H3/t14-/m1/s1. The molecule has 9 heteroatoms. The summed E-state index contributed by atoms with van der Waals surface area (Å²) in [6, 6.07) is 8.36. The highest BCUT2D eigenvalue weighted by Gasteiger charge is 2.39. The van der Waals surface area contributed by atoms with Crippen LogP contribution in [0.15, 0.2) is 41.0 Å². The number of ether oxygens (including phenoxy) is 1. The van der Waals surface area contributed by atoms with E-state index >= 15 is 0 Å². The Morgan fingerprint density at radius 3 is 2.53 bits per heavy atom. The van der Waals surface area contributed by atoms with Crippen LogP contribution in [0.25, 0.3) is 0 Å². The molecule has 30 heavy (non-hydrogen) atoms. The van der Waals surface area contributed by atoms with Crippen LogP contribution >= 0.6 is 11.6 Å². The summed E-state index contributed by atoms with van der Waals surface area (Å²) >= 11 is 6.09. The number of benzene rings is 1. The molecule has 0 saturated carbocycles. The van der Waals surface area contributed by atoms with Crippen LogP contribution in [0.2, 0.25) is 5.02 Å². The van der Waals surface area contributed by atoms with Crippen molar-refractivity contribution in [1.82, 2.24) is 9.80 Å². The fraction of sp³-hybridized carbons (Fsp3) is 0.381. The Hall–Kier alpha value is -3.00. The monoisotopic (exact) mass is 431 g/mol. The van der Waals surface area contributed by atoms with Crippen LogP contribution in [0, 0.1) is 5.92 Å². The van der Waals surface area contributed by atoms with Gasteiger partial charge in [-0.05, 0) is 30.3 Å². The number of carbonyl (C=O) groups excluding carboxylic acids is 3. The molecule has 1 atom stereocenters. The number of rotatable bonds is 4. The Bertz CT molecular complexity index is 954. The molecule has 0 aliphatic carbocycles. The lowest BCUT2D eigenvalue weighted by Gasteiger charge is -2.35. The van der Waals surface area contributed by atoms with Crippen molar-refractivity contribution in [3.05, 3.63) is 47.4 Å². The number of methoxy groups -OCH3 is 1. The van der Waals surface area contributed by atoms with Crippen LogP contribution < -0.4 is 9.64 Å². The number of hydrogen-bond acceptors (Lipinski definition) is 5. The van der Waals surface area contributed by atoms with Gasteiger partial charge in [-0.3, -0.25) is 14.4 Å². The maximum atomic E-state index is 13.0. The summed E-state index contributed by atoms with van der Waals surface area (Å²) in [6.45, 7) is 1.99. The molecule has 2 aromatic rings. The summed E-state index contributed by atoms with van der Waals surface area (Å²) in [6.07, 6.45) is 1.60. The van der Waals surface area contributed by atoms with E-state index in [2.05, 4.69) is 0 Å². The molecule has 8 nitrogen and oxygen atoms in total. The highest BCUT2D eigenvalue weighted by molar-refractivity contribution is 6.31. The van der Waals surface area contributed by atoms with Crippen LogP contribution in [0.4, 0.5) is 5.69 Å². The molecule has 0 radical (unpaired) electrons. The molecule has 0 bridgehead atoms. The fourth-order valence-corrected chi connectivity index (χ4v) is 4.09. The number of carbonyl (C=O) groups is 3. The van der Waals surface area contributed by atoms with Gasteiger partial charge in [0, 0.05) is 44.2 Å². The first-order valence-corrected chi connectivity index (χ1v) is 10.1. The van der Waals surface area contributed by atoms with Crippen molar-refractivity contribution in [3.63, 3.8) is 0 Å². The molecule has 3 heterocycles. The average molecular weight is 432 g/mol. The third-order valence-corrected chi connectivity index (χ3v) is 5.75. The van der Waals surface area contributed by atoms with Gasteiger partial charge < -0.3 is 23.9 Å². The van der Waals surface area contributed by atoms with Gasteiger partial charge in [-0.2, -0.15) is 0 Å². The minimum absolute atomic E-state index is 0.0723. The van der Waals surface area contributed by atoms with Crippen LogP contribution in [-0.2, 0) is 9.59 Å². The quantitative estimate of drug-likeness (QED) is 0.741. The average Bonchev–Trinajstić information content (AvgIpc) is 3.43. The molecule has 158 valence electrons. The van der Waals surface area contributed by atoms with Crippen molar-refractivity contribution < 1.29 is 23.5 Å². The van der Waals surface area contributed by atoms with Crippen LogP contribution in [-0.4, -0.2) is 67.4 Å². The maximum absolute atomic E-state index is 13.0. The second kappa shape index (κ2) is 8.39. The molecule has 0 N–H and O–H groups in total. The van der Waals surface area contributed by atoms with E-state index in [9.17, 15) is 14.4 Å². The molecular formula is C21H22ClN3O5. The van der Waals surface area contributed by atoms with Gasteiger partial charge in [0.1, 0.15) is 5.75 Å². The molecule has 2 aliphatic heterocycles. The van der Waals surface area contributed by atoms with Crippen molar-refractivity contribution in [2.24, 2.45) is 5.92 Å². The van der Waals surface area contributed by atoms with Crippen molar-refractivity contribution in [3.8, 4) is 5.75 Å². The van der Waals surface area contributed by atoms with Gasteiger partial charge in [0.15, 0.2) is 5.76 Å². The predicted molar refractivity (Wildman–Crippen MR) is 110 cm³/mol. The second-order valence-corrected chi connectivity index (χ2v) is 7.75. The molecule has 3 amide bonds. The molecule has 1 aromatic heterocycles. The largest absolute Gasteiger partial charge is 0.495 e. The SMILES string of the molecule is COc1ccc(Cl)cc1N1C[C@H](C(=O)N2CCN(C(=O)c3ccco3)CC2)CC1=O. The fourth-order valence-electron chi connectivity index (χ4n) is 3.92. The molecule has 0 unspecified atom stereocenters. The second-order valence-electron chi connectivity index (χ2n) is 7.32. The first-order chi connectivity index (χ1) is 14.5. The number of furan rings is 1. The van der Waals surface area contributed by atoms with E-state index in [1.807, 2.05) is 0 Å². The number of nitrogens with zero attached hydrogens (tertiary/aromatic N) is 3. The minimum Gasteiger partial charge on any atom is -0.495 e. The third-order valence-electron chi connectivity index (χ3n) is 5.52. The van der Waals surface area contributed by atoms with Crippen molar-refractivity contribution >= 4 is 35.0 Å². The van der Waals surface area contributed by atoms with Gasteiger partial charge in [0.25, 0.3) is 5.91 Å². The number of piperazine rings is 1. The Labute approximate surface area is 178 Å². The highest BCUT2D eigenvalue weighted by atomic mass is 35.5. The van der Waals surface area contributed by atoms with Gasteiger partial charge in [0.05, 0.1) is 25.0 Å². The molecule has 2 fully saturated rings. The van der Waals surface area contributed by atoms with E-state index in [4.69, 9.17) is 20.8 Å². The number of anilines is 1. The zero-order valence-corrected chi connectivity index (χ0v) is 17.3. The summed E-state index contributed by atoms with van der Waals surface area (Å²) in [4.78, 5) is 43.0. The van der Waals surface area contributed by atoms with E-state index in [0.29, 0.717) is 48.4 Å². The highest BCUT2D eigenvalue weighted by Crippen LogP contribution is 2.35. The predicted octanol–water partition coefficient (Wildman–Crippen LogP) is 2.28. The topological polar surface area (TPSA) is 83.3 Å². The molecule has 0 spiro atoms. The molecule has 2 aliphatic rings. The van der Waals surface area contributed by atoms with E-state index < -0.39 is 5.92 Å². The van der Waals surface area contributed by atoms with E-state index in [1.165, 1.54) is 13.4 Å². The minimum atomic E-state index is -0.437. The zero-order valence-electron chi connectivity index (χ0n) is 16.5. The van der Waals surface area contributed by atoms with Crippen molar-refractivity contribution in [2.45, 2.75) is 6.42 Å². The molecular weight excluding hydrogens is 410 g/mol. The first kappa shape index (κ1) is 20.3. The Morgan fingerprint density at radius 2 is 1.87 bits per heavy atom. The van der Waals surface area contributed by atoms with E-state index in [-0.39, 0.29) is 30.7 Å². The lowest BCUT2D eigenvalue weighted by molar-refractivity contribution is -0.137. The maximum Gasteiger partial charge on any atom is 0.289 e. The Kier molecular flexibility index (Phi) is 5.67. The third kappa shape index (κ3) is 3.87. The summed E-state index contributed by atoms with van der Waals surface area (Å²) in [5.74, 6) is 0.00144. The van der Waals surface area contributed by atoms with Crippen LogP contribution in [0.1, 0.15) is 17.0 Å². The summed E-state index contributed by atoms with van der Waals surface area (Å²) < 4.78 is 10.5. The normalized spacial score (nSPS) is 19.3. The van der Waals surface area contributed by atoms with E-state index in [1.54, 1.807) is 45.0 Å². The molecule has 2 saturated heterocycles. The molecule has 4 rings (SSSR count). The lowest BCUT2D eigenvalue weighted by atomic mass is 10.1. The number of amides is 3. The van der Waals surface area contributed by atoms with Gasteiger partial charge >= 0.3 is 0 Å². The van der Waals surface area contributed by atoms with Crippen molar-refractivity contribution in [1.29, 1.82) is 0 Å². The summed E-state index contributed by atoms with van der Waals surface area (Å²) in [5.41, 5.74) is 0.569.